The predicted octanol–water partition coefficient (Wildman–Crippen LogP) is 3.42. The molecule has 0 unspecified atom stereocenters. The molecule has 7 heteroatoms. The highest BCUT2D eigenvalue weighted by Gasteiger charge is 2.16. The van der Waals surface area contributed by atoms with Gasteiger partial charge in [-0.25, -0.2) is 9.78 Å². The molecule has 1 amide bonds. The van der Waals surface area contributed by atoms with Gasteiger partial charge in [-0.1, -0.05) is 41.4 Å². The number of nitrogens with one attached hydrogen (secondary N) is 1. The normalized spacial score (nSPS) is 11.6. The number of halogens is 2. The van der Waals surface area contributed by atoms with E-state index in [1.54, 1.807) is 25.1 Å². The van der Waals surface area contributed by atoms with E-state index in [9.17, 15) is 9.59 Å². The third kappa shape index (κ3) is 4.68. The number of rotatable bonds is 5. The lowest BCUT2D eigenvalue weighted by Crippen LogP contribution is -2.31. The smallest absolute Gasteiger partial charge is 0.341 e. The van der Waals surface area contributed by atoms with E-state index in [1.807, 2.05) is 12.1 Å². The number of carbonyl (C=O) groups is 2. The standard InChI is InChI=1S/C16H14Cl2N2O3/c1-10(11-5-2-3-7-13(11)17)20-14(21)9-23-16(22)12-6-4-8-19-15(12)18/h2-8,10H,9H2,1H3,(H,20,21)/t10-/m0/s1. The van der Waals surface area contributed by atoms with Crippen molar-refractivity contribution in [2.75, 3.05) is 6.61 Å². The molecule has 23 heavy (non-hydrogen) atoms. The van der Waals surface area contributed by atoms with Crippen molar-refractivity contribution in [3.8, 4) is 0 Å². The number of nitrogens with zero attached hydrogens (tertiary/aromatic N) is 1. The van der Waals surface area contributed by atoms with Gasteiger partial charge in [-0.2, -0.15) is 0 Å². The van der Waals surface area contributed by atoms with Crippen LogP contribution in [0.2, 0.25) is 10.2 Å². The molecule has 1 aromatic heterocycles. The Morgan fingerprint density at radius 1 is 1.22 bits per heavy atom. The Bertz CT molecular complexity index is 722. The van der Waals surface area contributed by atoms with E-state index in [1.165, 1.54) is 12.3 Å². The van der Waals surface area contributed by atoms with Gasteiger partial charge in [-0.05, 0) is 30.7 Å². The molecule has 0 radical (unpaired) electrons. The Labute approximate surface area is 143 Å². The highest BCUT2D eigenvalue weighted by molar-refractivity contribution is 6.32. The largest absolute Gasteiger partial charge is 0.452 e. The van der Waals surface area contributed by atoms with Gasteiger partial charge in [0.05, 0.1) is 11.6 Å². The van der Waals surface area contributed by atoms with Gasteiger partial charge in [-0.15, -0.1) is 0 Å². The molecular formula is C16H14Cl2N2O3. The molecule has 0 fully saturated rings. The van der Waals surface area contributed by atoms with Gasteiger partial charge in [0.25, 0.3) is 5.91 Å². The molecule has 0 bridgehead atoms. The number of pyridine rings is 1. The number of hydrogen-bond acceptors (Lipinski definition) is 4. The maximum absolute atomic E-state index is 11.9. The van der Waals surface area contributed by atoms with E-state index >= 15 is 0 Å². The minimum atomic E-state index is -0.705. The fourth-order valence-corrected chi connectivity index (χ4v) is 2.43. The van der Waals surface area contributed by atoms with Crippen LogP contribution in [0.1, 0.15) is 28.9 Å². The minimum Gasteiger partial charge on any atom is -0.452 e. The fourth-order valence-electron chi connectivity index (χ4n) is 1.93. The van der Waals surface area contributed by atoms with Crippen molar-refractivity contribution in [3.05, 3.63) is 63.9 Å². The summed E-state index contributed by atoms with van der Waals surface area (Å²) in [5, 5.41) is 3.29. The lowest BCUT2D eigenvalue weighted by molar-refractivity contribution is -0.124. The number of ether oxygens (including phenoxy) is 1. The van der Waals surface area contributed by atoms with Crippen molar-refractivity contribution in [1.29, 1.82) is 0 Å². The van der Waals surface area contributed by atoms with Gasteiger partial charge in [0.1, 0.15) is 5.15 Å². The van der Waals surface area contributed by atoms with Gasteiger partial charge >= 0.3 is 5.97 Å². The van der Waals surface area contributed by atoms with E-state index in [0.29, 0.717) is 5.02 Å². The molecule has 120 valence electrons. The zero-order chi connectivity index (χ0) is 16.8. The van der Waals surface area contributed by atoms with Crippen molar-refractivity contribution < 1.29 is 14.3 Å². The first-order valence-electron chi connectivity index (χ1n) is 6.80. The van der Waals surface area contributed by atoms with E-state index in [-0.39, 0.29) is 16.8 Å². The van der Waals surface area contributed by atoms with Gasteiger partial charge in [0, 0.05) is 11.2 Å². The van der Waals surface area contributed by atoms with Gasteiger partial charge in [0.2, 0.25) is 0 Å². The molecule has 5 nitrogen and oxygen atoms in total. The van der Waals surface area contributed by atoms with E-state index < -0.39 is 18.5 Å². The molecule has 0 spiro atoms. The monoisotopic (exact) mass is 352 g/mol. The summed E-state index contributed by atoms with van der Waals surface area (Å²) in [4.78, 5) is 27.5. The highest BCUT2D eigenvalue weighted by atomic mass is 35.5. The number of carbonyl (C=O) groups excluding carboxylic acids is 2. The number of hydrogen-bond donors (Lipinski definition) is 1. The quantitative estimate of drug-likeness (QED) is 0.661. The van der Waals surface area contributed by atoms with Crippen molar-refractivity contribution in [1.82, 2.24) is 10.3 Å². The van der Waals surface area contributed by atoms with E-state index in [2.05, 4.69) is 10.3 Å². The van der Waals surface area contributed by atoms with Gasteiger partial charge < -0.3 is 10.1 Å². The van der Waals surface area contributed by atoms with Crippen molar-refractivity contribution in [2.45, 2.75) is 13.0 Å². The molecule has 2 rings (SSSR count). The van der Waals surface area contributed by atoms with Crippen LogP contribution in [0.5, 0.6) is 0 Å². The second kappa shape index (κ2) is 7.94. The summed E-state index contributed by atoms with van der Waals surface area (Å²) in [7, 11) is 0. The Hall–Kier alpha value is -2.11. The lowest BCUT2D eigenvalue weighted by Gasteiger charge is -2.15. The van der Waals surface area contributed by atoms with Crippen molar-refractivity contribution in [2.24, 2.45) is 0 Å². The van der Waals surface area contributed by atoms with Crippen LogP contribution in [-0.4, -0.2) is 23.5 Å². The van der Waals surface area contributed by atoms with Crippen LogP contribution in [0.4, 0.5) is 0 Å². The molecule has 1 atom stereocenters. The molecule has 0 aliphatic carbocycles. The zero-order valence-corrected chi connectivity index (χ0v) is 13.8. The van der Waals surface area contributed by atoms with Gasteiger partial charge in [0.15, 0.2) is 6.61 Å². The maximum Gasteiger partial charge on any atom is 0.341 e. The SMILES string of the molecule is C[C@H](NC(=O)COC(=O)c1cccnc1Cl)c1ccccc1Cl. The maximum atomic E-state index is 11.9. The first-order valence-corrected chi connectivity index (χ1v) is 7.56. The van der Waals surface area contributed by atoms with Gasteiger partial charge in [-0.3, -0.25) is 4.79 Å². The summed E-state index contributed by atoms with van der Waals surface area (Å²) >= 11 is 11.9. The van der Waals surface area contributed by atoms with Crippen LogP contribution in [-0.2, 0) is 9.53 Å². The lowest BCUT2D eigenvalue weighted by atomic mass is 10.1. The first kappa shape index (κ1) is 17.2. The summed E-state index contributed by atoms with van der Waals surface area (Å²) in [5.74, 6) is -1.14. The average molecular weight is 353 g/mol. The molecule has 0 aliphatic rings. The molecule has 1 N–H and O–H groups in total. The zero-order valence-electron chi connectivity index (χ0n) is 12.3. The summed E-state index contributed by atoms with van der Waals surface area (Å²) in [6.45, 7) is 1.37. The van der Waals surface area contributed by atoms with E-state index in [0.717, 1.165) is 5.56 Å². The van der Waals surface area contributed by atoms with Crippen LogP contribution < -0.4 is 5.32 Å². The Kier molecular flexibility index (Phi) is 5.96. The second-order valence-electron chi connectivity index (χ2n) is 4.73. The molecular weight excluding hydrogens is 339 g/mol. The summed E-state index contributed by atoms with van der Waals surface area (Å²) < 4.78 is 4.93. The predicted molar refractivity (Wildman–Crippen MR) is 87.5 cm³/mol. The van der Waals surface area contributed by atoms with Crippen molar-refractivity contribution >= 4 is 35.1 Å². The molecule has 0 saturated carbocycles. The Morgan fingerprint density at radius 3 is 2.65 bits per heavy atom. The van der Waals surface area contributed by atoms with E-state index in [4.69, 9.17) is 27.9 Å². The molecule has 1 heterocycles. The summed E-state index contributed by atoms with van der Waals surface area (Å²) in [6.07, 6.45) is 1.46. The first-order chi connectivity index (χ1) is 11.0. The Balaban J connectivity index is 1.89. The molecule has 1 aromatic carbocycles. The minimum absolute atomic E-state index is 0.0299. The Morgan fingerprint density at radius 2 is 1.96 bits per heavy atom. The second-order valence-corrected chi connectivity index (χ2v) is 5.49. The summed E-state index contributed by atoms with van der Waals surface area (Å²) in [5.41, 5.74) is 0.894. The molecule has 0 aliphatic heterocycles. The number of esters is 1. The van der Waals surface area contributed by atoms with Crippen molar-refractivity contribution in [3.63, 3.8) is 0 Å². The average Bonchev–Trinajstić information content (AvgIpc) is 2.53. The number of benzene rings is 1. The molecule has 2 aromatic rings. The number of amides is 1. The third-order valence-electron chi connectivity index (χ3n) is 3.06. The highest BCUT2D eigenvalue weighted by Crippen LogP contribution is 2.22. The fraction of sp³-hybridized carbons (Fsp3) is 0.188. The topological polar surface area (TPSA) is 68.3 Å². The van der Waals surface area contributed by atoms with Crippen LogP contribution in [0.3, 0.4) is 0 Å². The molecule has 0 saturated heterocycles. The number of aromatic nitrogens is 1. The van der Waals surface area contributed by atoms with Crippen LogP contribution in [0.25, 0.3) is 0 Å². The van der Waals surface area contributed by atoms with Crippen LogP contribution >= 0.6 is 23.2 Å². The third-order valence-corrected chi connectivity index (χ3v) is 3.71. The van der Waals surface area contributed by atoms with Crippen LogP contribution in [0.15, 0.2) is 42.6 Å². The summed E-state index contributed by atoms with van der Waals surface area (Å²) in [6, 6.07) is 9.91. The van der Waals surface area contributed by atoms with Crippen LogP contribution in [0, 0.1) is 0 Å².